The van der Waals surface area contributed by atoms with E-state index in [9.17, 15) is 0 Å². The molecule has 1 aliphatic rings. The molecule has 0 aliphatic heterocycles. The van der Waals surface area contributed by atoms with E-state index in [1.54, 1.807) is 7.11 Å². The first-order chi connectivity index (χ1) is 8.79. The molecule has 100 valence electrons. The van der Waals surface area contributed by atoms with Crippen LogP contribution in [0.5, 0.6) is 0 Å². The maximum absolute atomic E-state index is 5.27. The average Bonchev–Trinajstić information content (AvgIpc) is 2.46. The molecule has 0 spiro atoms. The maximum Gasteiger partial charge on any atom is 0.0667 e. The minimum absolute atomic E-state index is 0.317. The highest BCUT2D eigenvalue weighted by Crippen LogP contribution is 2.32. The van der Waals surface area contributed by atoms with Crippen LogP contribution in [0.1, 0.15) is 44.1 Å². The molecule has 0 heterocycles. The van der Waals surface area contributed by atoms with E-state index in [2.05, 4.69) is 42.6 Å². The Hall–Kier alpha value is -0.860. The van der Waals surface area contributed by atoms with Crippen molar-refractivity contribution in [2.75, 3.05) is 13.7 Å². The summed E-state index contributed by atoms with van der Waals surface area (Å²) in [6.45, 7) is 3.08. The monoisotopic (exact) mass is 247 g/mol. The van der Waals surface area contributed by atoms with Crippen molar-refractivity contribution in [2.24, 2.45) is 0 Å². The van der Waals surface area contributed by atoms with Gasteiger partial charge in [-0.25, -0.2) is 0 Å². The predicted octanol–water partition coefficient (Wildman–Crippen LogP) is 3.34. The molecule has 1 fully saturated rings. The third-order valence-corrected chi connectivity index (χ3v) is 4.09. The molecule has 0 amide bonds. The lowest BCUT2D eigenvalue weighted by Gasteiger charge is -2.30. The van der Waals surface area contributed by atoms with Crippen LogP contribution in [-0.2, 0) is 4.74 Å². The molecule has 1 aliphatic carbocycles. The lowest BCUT2D eigenvalue weighted by molar-refractivity contribution is 0.112. The molecule has 1 unspecified atom stereocenters. The van der Waals surface area contributed by atoms with E-state index in [0.717, 1.165) is 12.5 Å². The van der Waals surface area contributed by atoms with Crippen LogP contribution in [-0.4, -0.2) is 25.8 Å². The van der Waals surface area contributed by atoms with Gasteiger partial charge in [0.15, 0.2) is 0 Å². The smallest absolute Gasteiger partial charge is 0.0667 e. The molecule has 0 aromatic heterocycles. The zero-order chi connectivity index (χ0) is 12.8. The number of ether oxygens (including phenoxy) is 1. The molecule has 1 aromatic carbocycles. The Morgan fingerprint density at radius 1 is 1.17 bits per heavy atom. The Balaban J connectivity index is 1.75. The van der Waals surface area contributed by atoms with E-state index in [1.807, 2.05) is 0 Å². The molecule has 1 N–H and O–H groups in total. The van der Waals surface area contributed by atoms with Crippen molar-refractivity contribution in [1.29, 1.82) is 0 Å². The van der Waals surface area contributed by atoms with E-state index in [4.69, 9.17) is 4.74 Å². The first-order valence-electron chi connectivity index (χ1n) is 7.10. The summed E-state index contributed by atoms with van der Waals surface area (Å²) in [6.07, 6.45) is 5.51. The molecule has 0 radical (unpaired) electrons. The normalized spacial score (nSPS) is 25.9. The van der Waals surface area contributed by atoms with Gasteiger partial charge in [-0.15, -0.1) is 0 Å². The van der Waals surface area contributed by atoms with Crippen LogP contribution < -0.4 is 5.32 Å². The van der Waals surface area contributed by atoms with Crippen molar-refractivity contribution < 1.29 is 4.74 Å². The fourth-order valence-corrected chi connectivity index (χ4v) is 2.77. The van der Waals surface area contributed by atoms with Gasteiger partial charge in [-0.2, -0.15) is 0 Å². The van der Waals surface area contributed by atoms with E-state index < -0.39 is 0 Å². The van der Waals surface area contributed by atoms with Gasteiger partial charge in [0.1, 0.15) is 0 Å². The largest absolute Gasteiger partial charge is 0.380 e. The second-order valence-corrected chi connectivity index (χ2v) is 5.41. The molecular formula is C16H25NO. The maximum atomic E-state index is 5.27. The molecule has 2 rings (SSSR count). The van der Waals surface area contributed by atoms with E-state index in [-0.39, 0.29) is 0 Å². The van der Waals surface area contributed by atoms with Crippen molar-refractivity contribution in [3.05, 3.63) is 35.9 Å². The fraction of sp³-hybridized carbons (Fsp3) is 0.625. The summed E-state index contributed by atoms with van der Waals surface area (Å²) < 4.78 is 5.27. The highest BCUT2D eigenvalue weighted by molar-refractivity contribution is 5.20. The first-order valence-corrected chi connectivity index (χ1v) is 7.10. The van der Waals surface area contributed by atoms with Crippen molar-refractivity contribution >= 4 is 0 Å². The fourth-order valence-electron chi connectivity index (χ4n) is 2.77. The number of rotatable bonds is 5. The SMILES string of the molecule is COC(C)CNC1CCC(c2ccccc2)CC1. The molecule has 2 nitrogen and oxygen atoms in total. The number of hydrogen-bond donors (Lipinski definition) is 1. The van der Waals surface area contributed by atoms with Crippen molar-refractivity contribution in [3.8, 4) is 0 Å². The Labute approximate surface area is 111 Å². The Bertz CT molecular complexity index is 330. The topological polar surface area (TPSA) is 21.3 Å². The van der Waals surface area contributed by atoms with Crippen molar-refractivity contribution in [2.45, 2.75) is 50.7 Å². The zero-order valence-electron chi connectivity index (χ0n) is 11.6. The van der Waals surface area contributed by atoms with Crippen LogP contribution in [0.15, 0.2) is 30.3 Å². The van der Waals surface area contributed by atoms with Crippen LogP contribution >= 0.6 is 0 Å². The molecule has 18 heavy (non-hydrogen) atoms. The summed E-state index contributed by atoms with van der Waals surface area (Å²) >= 11 is 0. The molecular weight excluding hydrogens is 222 g/mol. The summed E-state index contributed by atoms with van der Waals surface area (Å²) in [4.78, 5) is 0. The number of nitrogens with one attached hydrogen (secondary N) is 1. The lowest BCUT2D eigenvalue weighted by Crippen LogP contribution is -2.37. The van der Waals surface area contributed by atoms with Gasteiger partial charge < -0.3 is 10.1 Å². The number of hydrogen-bond acceptors (Lipinski definition) is 2. The lowest BCUT2D eigenvalue weighted by atomic mass is 9.82. The average molecular weight is 247 g/mol. The summed E-state index contributed by atoms with van der Waals surface area (Å²) in [7, 11) is 1.78. The standard InChI is InChI=1S/C16H25NO/c1-13(18-2)12-17-16-10-8-15(9-11-16)14-6-4-3-5-7-14/h3-7,13,15-17H,8-12H2,1-2H3. The summed E-state index contributed by atoms with van der Waals surface area (Å²) in [5.41, 5.74) is 1.52. The Morgan fingerprint density at radius 3 is 2.44 bits per heavy atom. The van der Waals surface area contributed by atoms with Gasteiger partial charge in [0.2, 0.25) is 0 Å². The second kappa shape index (κ2) is 6.91. The minimum atomic E-state index is 0.317. The molecule has 1 atom stereocenters. The molecule has 1 aromatic rings. The minimum Gasteiger partial charge on any atom is -0.380 e. The van der Waals surface area contributed by atoms with Crippen LogP contribution in [0.4, 0.5) is 0 Å². The van der Waals surface area contributed by atoms with E-state index >= 15 is 0 Å². The Kier molecular flexibility index (Phi) is 5.21. The number of benzene rings is 1. The van der Waals surface area contributed by atoms with Crippen molar-refractivity contribution in [3.63, 3.8) is 0 Å². The highest BCUT2D eigenvalue weighted by atomic mass is 16.5. The second-order valence-electron chi connectivity index (χ2n) is 5.41. The molecule has 2 heteroatoms. The van der Waals surface area contributed by atoms with Crippen LogP contribution in [0.3, 0.4) is 0 Å². The van der Waals surface area contributed by atoms with Gasteiger partial charge in [-0.05, 0) is 44.1 Å². The Morgan fingerprint density at radius 2 is 1.83 bits per heavy atom. The van der Waals surface area contributed by atoms with Crippen molar-refractivity contribution in [1.82, 2.24) is 5.32 Å². The first kappa shape index (κ1) is 13.6. The summed E-state index contributed by atoms with van der Waals surface area (Å²) in [5, 5.41) is 3.62. The van der Waals surface area contributed by atoms with E-state index in [0.29, 0.717) is 12.1 Å². The van der Waals surface area contributed by atoms with Crippen LogP contribution in [0.25, 0.3) is 0 Å². The number of methoxy groups -OCH3 is 1. The van der Waals surface area contributed by atoms with Gasteiger partial charge >= 0.3 is 0 Å². The third kappa shape index (κ3) is 3.82. The van der Waals surface area contributed by atoms with Gasteiger partial charge in [-0.3, -0.25) is 0 Å². The third-order valence-electron chi connectivity index (χ3n) is 4.09. The zero-order valence-corrected chi connectivity index (χ0v) is 11.6. The van der Waals surface area contributed by atoms with Crippen LogP contribution in [0, 0.1) is 0 Å². The van der Waals surface area contributed by atoms with Gasteiger partial charge in [0, 0.05) is 19.7 Å². The van der Waals surface area contributed by atoms with Crippen LogP contribution in [0.2, 0.25) is 0 Å². The molecule has 1 saturated carbocycles. The van der Waals surface area contributed by atoms with Gasteiger partial charge in [0.25, 0.3) is 0 Å². The quantitative estimate of drug-likeness (QED) is 0.861. The molecule has 0 saturated heterocycles. The summed E-state index contributed by atoms with van der Waals surface area (Å²) in [6, 6.07) is 11.6. The van der Waals surface area contributed by atoms with Gasteiger partial charge in [-0.1, -0.05) is 30.3 Å². The highest BCUT2D eigenvalue weighted by Gasteiger charge is 2.21. The predicted molar refractivity (Wildman–Crippen MR) is 75.9 cm³/mol. The summed E-state index contributed by atoms with van der Waals surface area (Å²) in [5.74, 6) is 0.768. The van der Waals surface area contributed by atoms with Gasteiger partial charge in [0.05, 0.1) is 6.10 Å². The van der Waals surface area contributed by atoms with E-state index in [1.165, 1.54) is 31.2 Å². The molecule has 0 bridgehead atoms.